The van der Waals surface area contributed by atoms with Crippen molar-refractivity contribution in [2.75, 3.05) is 13.1 Å². The van der Waals surface area contributed by atoms with Crippen molar-refractivity contribution in [1.29, 1.82) is 0 Å². The van der Waals surface area contributed by atoms with Crippen LogP contribution in [0.5, 0.6) is 0 Å². The average Bonchev–Trinajstić information content (AvgIpc) is 2.96. The quantitative estimate of drug-likeness (QED) is 0.757. The summed E-state index contributed by atoms with van der Waals surface area (Å²) in [6.07, 6.45) is 2.17. The molecule has 5 heterocycles. The van der Waals surface area contributed by atoms with Crippen LogP contribution in [0.15, 0.2) is 29.0 Å². The summed E-state index contributed by atoms with van der Waals surface area (Å²) in [7, 11) is 1.69. The Morgan fingerprint density at radius 1 is 1.24 bits per heavy atom. The van der Waals surface area contributed by atoms with Crippen molar-refractivity contribution in [2.24, 2.45) is 7.05 Å². The van der Waals surface area contributed by atoms with Crippen LogP contribution in [-0.2, 0) is 20.1 Å². The molecule has 0 aliphatic carbocycles. The first kappa shape index (κ1) is 17.1. The number of aryl methyl sites for hydroxylation is 1. The summed E-state index contributed by atoms with van der Waals surface area (Å²) in [5, 5.41) is 3.91. The summed E-state index contributed by atoms with van der Waals surface area (Å²) in [6, 6.07) is 4.90. The molecule has 0 saturated carbocycles. The van der Waals surface area contributed by atoms with E-state index in [1.165, 1.54) is 4.68 Å². The number of fused-ring (bicyclic) bond motifs is 2. The van der Waals surface area contributed by atoms with Crippen LogP contribution in [-0.4, -0.2) is 49.7 Å². The van der Waals surface area contributed by atoms with Crippen LogP contribution in [0, 0.1) is 0 Å². The first-order chi connectivity index (χ1) is 12.0. The Bertz CT molecular complexity index is 736. The monoisotopic (exact) mass is 411 g/mol. The molecule has 0 aromatic carbocycles. The molecule has 2 aromatic heterocycles. The van der Waals surface area contributed by atoms with Gasteiger partial charge in [-0.15, -0.1) is 0 Å². The van der Waals surface area contributed by atoms with Crippen molar-refractivity contribution in [2.45, 2.75) is 38.0 Å². The van der Waals surface area contributed by atoms with E-state index in [0.717, 1.165) is 36.2 Å². The maximum Gasteiger partial charge on any atom is 0.282 e. The van der Waals surface area contributed by atoms with E-state index in [2.05, 4.69) is 35.8 Å². The van der Waals surface area contributed by atoms with Crippen LogP contribution in [0.3, 0.4) is 0 Å². The fourth-order valence-electron chi connectivity index (χ4n) is 3.95. The second-order valence-electron chi connectivity index (χ2n) is 6.89. The van der Waals surface area contributed by atoms with Crippen LogP contribution in [0.2, 0.25) is 0 Å². The van der Waals surface area contributed by atoms with E-state index < -0.39 is 6.43 Å². The van der Waals surface area contributed by atoms with Gasteiger partial charge in [0.2, 0.25) is 0 Å². The van der Waals surface area contributed by atoms with Gasteiger partial charge in [-0.3, -0.25) is 19.5 Å². The highest BCUT2D eigenvalue weighted by molar-refractivity contribution is 9.10. The van der Waals surface area contributed by atoms with Crippen LogP contribution in [0.1, 0.15) is 29.8 Å². The molecular weight excluding hydrogens is 392 g/mol. The van der Waals surface area contributed by atoms with Gasteiger partial charge in [0.05, 0.1) is 5.69 Å². The van der Waals surface area contributed by atoms with Gasteiger partial charge in [0, 0.05) is 67.7 Å². The number of pyridine rings is 1. The lowest BCUT2D eigenvalue weighted by Crippen LogP contribution is -2.67. The summed E-state index contributed by atoms with van der Waals surface area (Å²) in [5.74, 6) is 0. The zero-order valence-corrected chi connectivity index (χ0v) is 15.5. The van der Waals surface area contributed by atoms with Crippen molar-refractivity contribution in [3.8, 4) is 0 Å². The molecule has 3 aliphatic rings. The molecule has 0 radical (unpaired) electrons. The fourth-order valence-corrected chi connectivity index (χ4v) is 4.18. The molecule has 3 saturated heterocycles. The van der Waals surface area contributed by atoms with E-state index in [1.54, 1.807) is 13.2 Å². The third-order valence-electron chi connectivity index (χ3n) is 5.09. The minimum atomic E-state index is -2.52. The summed E-state index contributed by atoms with van der Waals surface area (Å²) in [5.41, 5.74) is 1.63. The molecule has 5 rings (SSSR count). The number of halogens is 3. The van der Waals surface area contributed by atoms with Crippen molar-refractivity contribution < 1.29 is 8.78 Å². The van der Waals surface area contributed by atoms with E-state index in [1.807, 2.05) is 18.3 Å². The van der Waals surface area contributed by atoms with E-state index >= 15 is 0 Å². The molecule has 3 fully saturated rings. The largest absolute Gasteiger partial charge is 0.294 e. The van der Waals surface area contributed by atoms with Gasteiger partial charge in [-0.05, 0) is 34.5 Å². The Labute approximate surface area is 153 Å². The van der Waals surface area contributed by atoms with Gasteiger partial charge >= 0.3 is 0 Å². The third-order valence-corrected chi connectivity index (χ3v) is 5.56. The number of piperidine rings is 1. The lowest BCUT2D eigenvalue weighted by Gasteiger charge is -2.56. The molecule has 0 N–H and O–H groups in total. The second-order valence-corrected chi connectivity index (χ2v) is 7.81. The number of alkyl halides is 2. The van der Waals surface area contributed by atoms with Crippen molar-refractivity contribution in [3.05, 3.63) is 46.0 Å². The molecule has 8 heteroatoms. The zero-order valence-electron chi connectivity index (χ0n) is 13.9. The van der Waals surface area contributed by atoms with Gasteiger partial charge in [-0.25, -0.2) is 8.78 Å². The molecule has 2 unspecified atom stereocenters. The summed E-state index contributed by atoms with van der Waals surface area (Å²) >= 11 is 3.40. The van der Waals surface area contributed by atoms with Gasteiger partial charge in [-0.2, -0.15) is 5.10 Å². The Kier molecular flexibility index (Phi) is 4.59. The van der Waals surface area contributed by atoms with Crippen LogP contribution in [0.4, 0.5) is 8.78 Å². The molecule has 25 heavy (non-hydrogen) atoms. The van der Waals surface area contributed by atoms with Gasteiger partial charge in [-0.1, -0.05) is 0 Å². The minimum absolute atomic E-state index is 0.0802. The lowest BCUT2D eigenvalue weighted by atomic mass is 9.86. The Hall–Kier alpha value is -1.38. The minimum Gasteiger partial charge on any atom is -0.294 e. The van der Waals surface area contributed by atoms with Crippen LogP contribution >= 0.6 is 15.9 Å². The van der Waals surface area contributed by atoms with Gasteiger partial charge in [0.15, 0.2) is 0 Å². The molecular formula is C17H20BrF2N5. The van der Waals surface area contributed by atoms with E-state index in [-0.39, 0.29) is 5.69 Å². The Morgan fingerprint density at radius 2 is 2.00 bits per heavy atom. The summed E-state index contributed by atoms with van der Waals surface area (Å²) < 4.78 is 28.7. The normalized spacial score (nSPS) is 23.9. The first-order valence-corrected chi connectivity index (χ1v) is 9.18. The number of rotatable bonds is 5. The predicted molar refractivity (Wildman–Crippen MR) is 93.1 cm³/mol. The summed E-state index contributed by atoms with van der Waals surface area (Å²) in [4.78, 5) is 9.18. The average molecular weight is 412 g/mol. The molecule has 0 amide bonds. The lowest BCUT2D eigenvalue weighted by molar-refractivity contribution is -0.0781. The first-order valence-electron chi connectivity index (χ1n) is 8.38. The predicted octanol–water partition coefficient (Wildman–Crippen LogP) is 2.97. The van der Waals surface area contributed by atoms with Crippen molar-refractivity contribution in [1.82, 2.24) is 24.6 Å². The Balaban J connectivity index is 1.38. The van der Waals surface area contributed by atoms with Crippen LogP contribution in [0.25, 0.3) is 0 Å². The highest BCUT2D eigenvalue weighted by Gasteiger charge is 2.44. The second kappa shape index (κ2) is 6.74. The highest BCUT2D eigenvalue weighted by Crippen LogP contribution is 2.35. The molecule has 134 valence electrons. The zero-order chi connectivity index (χ0) is 17.6. The van der Waals surface area contributed by atoms with Crippen LogP contribution < -0.4 is 0 Å². The van der Waals surface area contributed by atoms with Gasteiger partial charge in [0.25, 0.3) is 6.43 Å². The van der Waals surface area contributed by atoms with Crippen molar-refractivity contribution in [3.63, 3.8) is 0 Å². The fraction of sp³-hybridized carbons (Fsp3) is 0.529. The smallest absolute Gasteiger partial charge is 0.282 e. The van der Waals surface area contributed by atoms with Crippen molar-refractivity contribution >= 4 is 15.9 Å². The van der Waals surface area contributed by atoms with Gasteiger partial charge in [0.1, 0.15) is 5.69 Å². The molecule has 3 aliphatic heterocycles. The third kappa shape index (κ3) is 3.47. The van der Waals surface area contributed by atoms with E-state index in [4.69, 9.17) is 0 Å². The standard InChI is InChI=1S/C17H20BrF2N5/c1-23-6-11(16(22-23)17(19)20)7-25-14-4-15(25)10-24(9-14)8-13-3-2-12(18)5-21-13/h2-3,5-6,14-15,17H,4,7-10H2,1H3. The molecule has 0 spiro atoms. The van der Waals surface area contributed by atoms with Gasteiger partial charge < -0.3 is 0 Å². The number of aromatic nitrogens is 3. The molecule has 2 bridgehead atoms. The molecule has 2 atom stereocenters. The molecule has 5 nitrogen and oxygen atoms in total. The number of nitrogens with zero attached hydrogens (tertiary/aromatic N) is 5. The molecule has 2 aromatic rings. The number of piperazine rings is 1. The Morgan fingerprint density at radius 3 is 2.64 bits per heavy atom. The number of hydrogen-bond donors (Lipinski definition) is 0. The maximum atomic E-state index is 13.1. The SMILES string of the molecule is Cn1cc(CN2C3CC2CN(Cc2ccc(Br)cn2)C3)c(C(F)F)n1. The number of hydrogen-bond acceptors (Lipinski definition) is 4. The summed E-state index contributed by atoms with van der Waals surface area (Å²) in [6.45, 7) is 3.31. The topological polar surface area (TPSA) is 37.2 Å². The van der Waals surface area contributed by atoms with E-state index in [9.17, 15) is 8.78 Å². The highest BCUT2D eigenvalue weighted by atomic mass is 79.9. The van der Waals surface area contributed by atoms with E-state index in [0.29, 0.717) is 24.2 Å². The maximum absolute atomic E-state index is 13.1.